The smallest absolute Gasteiger partial charge is 0.323 e. The van der Waals surface area contributed by atoms with Crippen LogP contribution in [0.1, 0.15) is 26.0 Å². The van der Waals surface area contributed by atoms with Crippen molar-refractivity contribution in [3.8, 4) is 0 Å². The predicted molar refractivity (Wildman–Crippen MR) is 68.4 cm³/mol. The second kappa shape index (κ2) is 4.78. The van der Waals surface area contributed by atoms with Gasteiger partial charge in [-0.15, -0.1) is 0 Å². The molecule has 0 saturated heterocycles. The first kappa shape index (κ1) is 12.6. The fraction of sp³-hybridized carbons (Fsp3) is 0.385. The fourth-order valence-electron chi connectivity index (χ4n) is 1.71. The Hall–Kier alpha value is -1.88. The molecule has 5 heteroatoms. The lowest BCUT2D eigenvalue weighted by Crippen LogP contribution is -2.48. The number of fused-ring (bicyclic) bond motifs is 1. The minimum Gasteiger partial charge on any atom is -0.480 e. The van der Waals surface area contributed by atoms with Gasteiger partial charge >= 0.3 is 5.97 Å². The lowest BCUT2D eigenvalue weighted by atomic mass is 9.99. The highest BCUT2D eigenvalue weighted by Crippen LogP contribution is 2.11. The zero-order valence-electron chi connectivity index (χ0n) is 10.6. The number of carboxylic acid groups (broad SMARTS) is 1. The van der Waals surface area contributed by atoms with Crippen LogP contribution >= 0.6 is 0 Å². The molecule has 0 aromatic carbocycles. The van der Waals surface area contributed by atoms with E-state index in [0.29, 0.717) is 13.0 Å². The topological polar surface area (TPSA) is 66.6 Å². The molecule has 96 valence electrons. The molecule has 0 spiro atoms. The molecule has 0 radical (unpaired) electrons. The SMILES string of the molecule is CCC(C)(NCc1cn2ccccc2n1)C(=O)O. The summed E-state index contributed by atoms with van der Waals surface area (Å²) in [4.78, 5) is 15.6. The summed E-state index contributed by atoms with van der Waals surface area (Å²) < 4.78 is 1.92. The molecule has 0 aliphatic rings. The van der Waals surface area contributed by atoms with E-state index in [-0.39, 0.29) is 0 Å². The Balaban J connectivity index is 2.12. The number of rotatable bonds is 5. The summed E-state index contributed by atoms with van der Waals surface area (Å²) in [5.41, 5.74) is 0.792. The molecule has 0 fully saturated rings. The Morgan fingerprint density at radius 2 is 2.33 bits per heavy atom. The van der Waals surface area contributed by atoms with Gasteiger partial charge in [-0.2, -0.15) is 0 Å². The van der Waals surface area contributed by atoms with Crippen molar-refractivity contribution in [1.82, 2.24) is 14.7 Å². The van der Waals surface area contributed by atoms with Gasteiger partial charge in [-0.3, -0.25) is 10.1 Å². The number of nitrogens with zero attached hydrogens (tertiary/aromatic N) is 2. The molecule has 1 unspecified atom stereocenters. The molecular formula is C13H17N3O2. The van der Waals surface area contributed by atoms with Crippen LogP contribution < -0.4 is 5.32 Å². The maximum Gasteiger partial charge on any atom is 0.323 e. The van der Waals surface area contributed by atoms with Gasteiger partial charge in [0.05, 0.1) is 5.69 Å². The van der Waals surface area contributed by atoms with E-state index in [9.17, 15) is 4.79 Å². The molecule has 2 aromatic heterocycles. The van der Waals surface area contributed by atoms with E-state index in [4.69, 9.17) is 5.11 Å². The van der Waals surface area contributed by atoms with Crippen molar-refractivity contribution in [2.75, 3.05) is 0 Å². The number of carbonyl (C=O) groups is 1. The van der Waals surface area contributed by atoms with E-state index in [0.717, 1.165) is 11.3 Å². The summed E-state index contributed by atoms with van der Waals surface area (Å²) >= 11 is 0. The van der Waals surface area contributed by atoms with Gasteiger partial charge in [0.1, 0.15) is 11.2 Å². The Bertz CT molecular complexity index is 531. The maximum absolute atomic E-state index is 11.2. The van der Waals surface area contributed by atoms with Crippen molar-refractivity contribution in [1.29, 1.82) is 0 Å². The molecular weight excluding hydrogens is 230 g/mol. The molecule has 0 aliphatic carbocycles. The average molecular weight is 247 g/mol. The third-order valence-electron chi connectivity index (χ3n) is 3.25. The lowest BCUT2D eigenvalue weighted by molar-refractivity contribution is -0.144. The first-order chi connectivity index (χ1) is 8.55. The summed E-state index contributed by atoms with van der Waals surface area (Å²) in [6.07, 6.45) is 4.35. The Morgan fingerprint density at radius 3 is 2.94 bits per heavy atom. The highest BCUT2D eigenvalue weighted by Gasteiger charge is 2.30. The van der Waals surface area contributed by atoms with E-state index in [2.05, 4.69) is 10.3 Å². The number of aromatic nitrogens is 2. The van der Waals surface area contributed by atoms with Gasteiger partial charge in [0.25, 0.3) is 0 Å². The third kappa shape index (κ3) is 2.36. The third-order valence-corrected chi connectivity index (χ3v) is 3.25. The minimum atomic E-state index is -0.907. The first-order valence-electron chi connectivity index (χ1n) is 5.96. The van der Waals surface area contributed by atoms with Crippen LogP contribution in [0.15, 0.2) is 30.6 Å². The number of aliphatic carboxylic acids is 1. The van der Waals surface area contributed by atoms with Crippen molar-refractivity contribution in [2.45, 2.75) is 32.4 Å². The Kier molecular flexibility index (Phi) is 3.34. The van der Waals surface area contributed by atoms with E-state index in [1.165, 1.54) is 0 Å². The van der Waals surface area contributed by atoms with E-state index >= 15 is 0 Å². The second-order valence-electron chi connectivity index (χ2n) is 4.54. The van der Waals surface area contributed by atoms with Crippen LogP contribution in [0, 0.1) is 0 Å². The van der Waals surface area contributed by atoms with Gasteiger partial charge in [0.15, 0.2) is 0 Å². The quantitative estimate of drug-likeness (QED) is 0.843. The molecule has 1 atom stereocenters. The zero-order valence-corrected chi connectivity index (χ0v) is 10.6. The number of hydrogen-bond acceptors (Lipinski definition) is 3. The molecule has 2 heterocycles. The van der Waals surface area contributed by atoms with E-state index in [1.54, 1.807) is 6.92 Å². The first-order valence-corrected chi connectivity index (χ1v) is 5.96. The molecule has 2 rings (SSSR count). The van der Waals surface area contributed by atoms with Gasteiger partial charge in [-0.1, -0.05) is 13.0 Å². The minimum absolute atomic E-state index is 0.443. The van der Waals surface area contributed by atoms with Crippen LogP contribution in [-0.2, 0) is 11.3 Å². The van der Waals surface area contributed by atoms with E-state index < -0.39 is 11.5 Å². The van der Waals surface area contributed by atoms with Crippen molar-refractivity contribution in [2.24, 2.45) is 0 Å². The van der Waals surface area contributed by atoms with Crippen LogP contribution in [0.25, 0.3) is 5.65 Å². The number of imidazole rings is 1. The molecule has 0 saturated carbocycles. The van der Waals surface area contributed by atoms with Gasteiger partial charge in [0, 0.05) is 18.9 Å². The molecule has 0 amide bonds. The van der Waals surface area contributed by atoms with Crippen molar-refractivity contribution < 1.29 is 9.90 Å². The van der Waals surface area contributed by atoms with Crippen LogP contribution in [-0.4, -0.2) is 26.0 Å². The summed E-state index contributed by atoms with van der Waals surface area (Å²) in [5.74, 6) is -0.839. The molecule has 0 bridgehead atoms. The lowest BCUT2D eigenvalue weighted by Gasteiger charge is -2.24. The number of pyridine rings is 1. The number of nitrogens with one attached hydrogen (secondary N) is 1. The molecule has 5 nitrogen and oxygen atoms in total. The van der Waals surface area contributed by atoms with Gasteiger partial charge < -0.3 is 9.51 Å². The highest BCUT2D eigenvalue weighted by atomic mass is 16.4. The van der Waals surface area contributed by atoms with Crippen LogP contribution in [0.4, 0.5) is 0 Å². The largest absolute Gasteiger partial charge is 0.480 e. The van der Waals surface area contributed by atoms with Crippen LogP contribution in [0.3, 0.4) is 0 Å². The van der Waals surface area contributed by atoms with Gasteiger partial charge in [-0.05, 0) is 25.5 Å². The predicted octanol–water partition coefficient (Wildman–Crippen LogP) is 1.68. The van der Waals surface area contributed by atoms with E-state index in [1.807, 2.05) is 41.9 Å². The molecule has 0 aliphatic heterocycles. The normalized spacial score (nSPS) is 14.6. The zero-order chi connectivity index (χ0) is 13.2. The monoisotopic (exact) mass is 247 g/mol. The standard InChI is InChI=1S/C13H17N3O2/c1-3-13(2,12(17)18)14-8-10-9-16-7-5-4-6-11(16)15-10/h4-7,9,14H,3,8H2,1-2H3,(H,17,18). The summed E-state index contributed by atoms with van der Waals surface area (Å²) in [6.45, 7) is 3.98. The Labute approximate surface area is 105 Å². The fourth-order valence-corrected chi connectivity index (χ4v) is 1.71. The summed E-state index contributed by atoms with van der Waals surface area (Å²) in [6, 6.07) is 5.77. The summed E-state index contributed by atoms with van der Waals surface area (Å²) in [7, 11) is 0. The van der Waals surface area contributed by atoms with Crippen molar-refractivity contribution in [3.05, 3.63) is 36.3 Å². The molecule has 2 aromatic rings. The molecule has 18 heavy (non-hydrogen) atoms. The maximum atomic E-state index is 11.2. The van der Waals surface area contributed by atoms with Crippen molar-refractivity contribution in [3.63, 3.8) is 0 Å². The van der Waals surface area contributed by atoms with Gasteiger partial charge in [-0.25, -0.2) is 4.98 Å². The Morgan fingerprint density at radius 1 is 1.56 bits per heavy atom. The van der Waals surface area contributed by atoms with Crippen LogP contribution in [0.2, 0.25) is 0 Å². The second-order valence-corrected chi connectivity index (χ2v) is 4.54. The highest BCUT2D eigenvalue weighted by molar-refractivity contribution is 5.78. The number of carboxylic acids is 1. The van der Waals surface area contributed by atoms with Gasteiger partial charge in [0.2, 0.25) is 0 Å². The number of hydrogen-bond donors (Lipinski definition) is 2. The molecule has 2 N–H and O–H groups in total. The average Bonchev–Trinajstić information content (AvgIpc) is 2.78. The summed E-state index contributed by atoms with van der Waals surface area (Å²) in [5, 5.41) is 12.2. The van der Waals surface area contributed by atoms with Crippen molar-refractivity contribution >= 4 is 11.6 Å². The van der Waals surface area contributed by atoms with Crippen LogP contribution in [0.5, 0.6) is 0 Å².